The molecule has 2 aromatic carbocycles. The molecule has 4 rings (SSSR count). The fraction of sp³-hybridized carbons (Fsp3) is 0.211. The molecule has 0 bridgehead atoms. The fourth-order valence-electron chi connectivity index (χ4n) is 3.19. The van der Waals surface area contributed by atoms with E-state index in [1.165, 1.54) is 6.92 Å². The molecule has 0 saturated heterocycles. The maximum atomic E-state index is 12.1. The molecule has 132 valence electrons. The first kappa shape index (κ1) is 16.5. The number of methoxy groups -OCH3 is 1. The highest BCUT2D eigenvalue weighted by atomic mass is 32.1. The van der Waals surface area contributed by atoms with Gasteiger partial charge in [-0.1, -0.05) is 12.1 Å². The van der Waals surface area contributed by atoms with E-state index in [-0.39, 0.29) is 11.9 Å². The Kier molecular flexibility index (Phi) is 4.08. The normalized spacial score (nSPS) is 16.8. The fourth-order valence-corrected chi connectivity index (χ4v) is 3.39. The number of carbonyl (C=O) groups is 1. The molecule has 7 heteroatoms. The monoisotopic (exact) mass is 367 g/mol. The summed E-state index contributed by atoms with van der Waals surface area (Å²) in [7, 11) is 1.63. The number of aromatic amines is 1. The number of nitrogens with zero attached hydrogens (tertiary/aromatic N) is 2. The number of amides is 1. The lowest BCUT2D eigenvalue weighted by Crippen LogP contribution is -2.24. The van der Waals surface area contributed by atoms with Crippen LogP contribution < -0.4 is 4.74 Å². The minimum absolute atomic E-state index is 0.0929. The predicted octanol–water partition coefficient (Wildman–Crippen LogP) is 4.20. The van der Waals surface area contributed by atoms with Crippen molar-refractivity contribution in [3.63, 3.8) is 0 Å². The van der Waals surface area contributed by atoms with Gasteiger partial charge >= 0.3 is 0 Å². The number of ether oxygens (including phenoxy) is 1. The number of H-pyrrole nitrogens is 1. The Morgan fingerprint density at radius 1 is 1.31 bits per heavy atom. The highest BCUT2D eigenvalue weighted by molar-refractivity contribution is 7.71. The molecule has 0 saturated carbocycles. The summed E-state index contributed by atoms with van der Waals surface area (Å²) in [4.78, 5) is 15.5. The zero-order valence-electron chi connectivity index (χ0n) is 14.4. The number of hydrogen-bond acceptors (Lipinski definition) is 5. The number of aromatic nitrogens is 1. The molecule has 1 atom stereocenters. The van der Waals surface area contributed by atoms with Crippen LogP contribution in [-0.4, -0.2) is 28.7 Å². The Morgan fingerprint density at radius 3 is 2.77 bits per heavy atom. The van der Waals surface area contributed by atoms with Crippen LogP contribution in [-0.2, 0) is 4.79 Å². The van der Waals surface area contributed by atoms with Crippen LogP contribution in [0.15, 0.2) is 52.0 Å². The smallest absolute Gasteiger partial charge is 0.266 e. The quantitative estimate of drug-likeness (QED) is 0.705. The van der Waals surface area contributed by atoms with Gasteiger partial charge in [0.15, 0.2) is 5.58 Å². The molecular weight excluding hydrogens is 350 g/mol. The maximum Gasteiger partial charge on any atom is 0.266 e. The van der Waals surface area contributed by atoms with Gasteiger partial charge in [-0.3, -0.25) is 4.79 Å². The van der Waals surface area contributed by atoms with Crippen molar-refractivity contribution in [3.05, 3.63) is 58.4 Å². The van der Waals surface area contributed by atoms with Crippen LogP contribution in [0.4, 0.5) is 0 Å². The van der Waals surface area contributed by atoms with E-state index in [2.05, 4.69) is 10.1 Å². The summed E-state index contributed by atoms with van der Waals surface area (Å²) < 4.78 is 10.6. The molecule has 26 heavy (non-hydrogen) atoms. The van der Waals surface area contributed by atoms with Crippen molar-refractivity contribution in [2.24, 2.45) is 5.10 Å². The Balaban J connectivity index is 1.69. The van der Waals surface area contributed by atoms with Crippen molar-refractivity contribution < 1.29 is 13.9 Å². The van der Waals surface area contributed by atoms with Gasteiger partial charge in [-0.25, -0.2) is 5.01 Å². The van der Waals surface area contributed by atoms with Gasteiger partial charge in [0.2, 0.25) is 5.91 Å². The first-order valence-corrected chi connectivity index (χ1v) is 8.60. The van der Waals surface area contributed by atoms with E-state index in [1.807, 2.05) is 42.5 Å². The van der Waals surface area contributed by atoms with Crippen LogP contribution in [0.2, 0.25) is 0 Å². The summed E-state index contributed by atoms with van der Waals surface area (Å²) >= 11 is 5.03. The highest BCUT2D eigenvalue weighted by Crippen LogP contribution is 2.34. The largest absolute Gasteiger partial charge is 0.497 e. The summed E-state index contributed by atoms with van der Waals surface area (Å²) in [5.74, 6) is 0.688. The molecule has 3 aromatic rings. The number of oxazole rings is 1. The number of rotatable bonds is 3. The lowest BCUT2D eigenvalue weighted by atomic mass is 9.98. The zero-order chi connectivity index (χ0) is 18.3. The number of hydrazone groups is 1. The number of nitrogens with one attached hydrogen (secondary N) is 1. The van der Waals surface area contributed by atoms with E-state index in [4.69, 9.17) is 21.4 Å². The van der Waals surface area contributed by atoms with Crippen molar-refractivity contribution in [2.75, 3.05) is 7.11 Å². The summed E-state index contributed by atoms with van der Waals surface area (Å²) in [5.41, 5.74) is 4.32. The van der Waals surface area contributed by atoms with Crippen LogP contribution in [0.5, 0.6) is 5.75 Å². The molecule has 1 aliphatic heterocycles. The summed E-state index contributed by atoms with van der Waals surface area (Å²) in [5, 5.41) is 6.11. The van der Waals surface area contributed by atoms with Crippen molar-refractivity contribution in [1.82, 2.24) is 9.99 Å². The minimum Gasteiger partial charge on any atom is -0.497 e. The summed E-state index contributed by atoms with van der Waals surface area (Å²) in [6.07, 6.45) is 0.635. The summed E-state index contributed by atoms with van der Waals surface area (Å²) in [6.45, 7) is 1.53. The molecule has 1 amide bonds. The topological polar surface area (TPSA) is 70.8 Å². The minimum atomic E-state index is -0.132. The predicted molar refractivity (Wildman–Crippen MR) is 101 cm³/mol. The van der Waals surface area contributed by atoms with Crippen molar-refractivity contribution in [2.45, 2.75) is 19.4 Å². The third-order valence-electron chi connectivity index (χ3n) is 4.49. The third kappa shape index (κ3) is 2.90. The van der Waals surface area contributed by atoms with E-state index < -0.39 is 0 Å². The average Bonchev–Trinajstić information content (AvgIpc) is 3.24. The van der Waals surface area contributed by atoms with E-state index in [1.54, 1.807) is 12.1 Å². The average molecular weight is 367 g/mol. The first-order valence-electron chi connectivity index (χ1n) is 8.19. The molecule has 1 N–H and O–H groups in total. The molecule has 0 fully saturated rings. The Labute approximate surface area is 155 Å². The molecular formula is C19H17N3O3S. The van der Waals surface area contributed by atoms with Gasteiger partial charge in [0.25, 0.3) is 4.84 Å². The molecule has 0 aliphatic carbocycles. The van der Waals surface area contributed by atoms with Crippen LogP contribution >= 0.6 is 12.2 Å². The second-order valence-electron chi connectivity index (χ2n) is 6.13. The summed E-state index contributed by atoms with van der Waals surface area (Å²) in [6, 6.07) is 13.3. The van der Waals surface area contributed by atoms with E-state index in [0.29, 0.717) is 16.8 Å². The standard InChI is InChI=1S/C19H17N3O3S/c1-11(23)22-17(12-3-6-14(24-2)7-4-12)10-15(21-22)13-5-8-18-16(9-13)20-19(26)25-18/h3-9,17H,10H2,1-2H3,(H,20,26). The van der Waals surface area contributed by atoms with Gasteiger partial charge in [0.05, 0.1) is 24.4 Å². The number of carbonyl (C=O) groups excluding carboxylic acids is 1. The number of benzene rings is 2. The molecule has 1 unspecified atom stereocenters. The molecule has 0 spiro atoms. The lowest BCUT2D eigenvalue weighted by Gasteiger charge is -2.20. The Bertz CT molecular complexity index is 1070. The van der Waals surface area contributed by atoms with Gasteiger partial charge in [-0.2, -0.15) is 5.10 Å². The molecule has 1 aliphatic rings. The van der Waals surface area contributed by atoms with Crippen LogP contribution in [0.1, 0.15) is 30.5 Å². The van der Waals surface area contributed by atoms with Gasteiger partial charge in [0.1, 0.15) is 5.75 Å². The first-order chi connectivity index (χ1) is 12.5. The van der Waals surface area contributed by atoms with E-state index in [9.17, 15) is 4.79 Å². The Hall–Kier alpha value is -2.93. The van der Waals surface area contributed by atoms with E-state index >= 15 is 0 Å². The Morgan fingerprint density at radius 2 is 2.08 bits per heavy atom. The number of fused-ring (bicyclic) bond motifs is 1. The lowest BCUT2D eigenvalue weighted by molar-refractivity contribution is -0.130. The molecule has 0 radical (unpaired) electrons. The number of hydrogen-bond donors (Lipinski definition) is 1. The van der Waals surface area contributed by atoms with Gasteiger partial charge < -0.3 is 14.1 Å². The second-order valence-corrected chi connectivity index (χ2v) is 6.50. The third-order valence-corrected chi connectivity index (χ3v) is 4.67. The zero-order valence-corrected chi connectivity index (χ0v) is 15.2. The van der Waals surface area contributed by atoms with Crippen molar-refractivity contribution in [1.29, 1.82) is 0 Å². The SMILES string of the molecule is COc1ccc(C2CC(c3ccc4oc(=S)[nH]c4c3)=NN2C(C)=O)cc1. The highest BCUT2D eigenvalue weighted by Gasteiger charge is 2.31. The molecule has 2 heterocycles. The molecule has 1 aromatic heterocycles. The van der Waals surface area contributed by atoms with Gasteiger partial charge in [-0.15, -0.1) is 0 Å². The van der Waals surface area contributed by atoms with E-state index in [0.717, 1.165) is 28.1 Å². The van der Waals surface area contributed by atoms with Gasteiger partial charge in [0, 0.05) is 18.9 Å². The van der Waals surface area contributed by atoms with Gasteiger partial charge in [-0.05, 0) is 48.1 Å². The maximum absolute atomic E-state index is 12.1. The second kappa shape index (κ2) is 6.42. The van der Waals surface area contributed by atoms with Crippen molar-refractivity contribution in [3.8, 4) is 5.75 Å². The van der Waals surface area contributed by atoms with Crippen LogP contribution in [0, 0.1) is 4.84 Å². The molecule has 6 nitrogen and oxygen atoms in total. The van der Waals surface area contributed by atoms with Crippen LogP contribution in [0.25, 0.3) is 11.1 Å². The van der Waals surface area contributed by atoms with Crippen molar-refractivity contribution >= 4 is 34.9 Å². The van der Waals surface area contributed by atoms with Crippen LogP contribution in [0.3, 0.4) is 0 Å².